The van der Waals surface area contributed by atoms with Crippen molar-refractivity contribution in [3.8, 4) is 0 Å². The molecule has 2 aromatic heterocycles. The van der Waals surface area contributed by atoms with E-state index in [2.05, 4.69) is 25.8 Å². The topological polar surface area (TPSA) is 75.9 Å². The molecule has 0 amide bonds. The third-order valence-electron chi connectivity index (χ3n) is 3.14. The Kier molecular flexibility index (Phi) is 4.43. The SMILES string of the molecule is Cc1cc(NCc2ccccc2Cl)nc(Nc2cc(C)on2)n1. The molecule has 0 saturated carbocycles. The van der Waals surface area contributed by atoms with Gasteiger partial charge in [0.15, 0.2) is 5.82 Å². The molecule has 6 nitrogen and oxygen atoms in total. The fourth-order valence-corrected chi connectivity index (χ4v) is 2.28. The van der Waals surface area contributed by atoms with Gasteiger partial charge in [-0.25, -0.2) is 4.98 Å². The number of aryl methyl sites for hydroxylation is 2. The number of anilines is 3. The molecule has 118 valence electrons. The molecule has 0 unspecified atom stereocenters. The fourth-order valence-electron chi connectivity index (χ4n) is 2.08. The van der Waals surface area contributed by atoms with Gasteiger partial charge in [-0.15, -0.1) is 0 Å². The highest BCUT2D eigenvalue weighted by molar-refractivity contribution is 6.31. The summed E-state index contributed by atoms with van der Waals surface area (Å²) in [6.45, 7) is 4.31. The van der Waals surface area contributed by atoms with Crippen LogP contribution in [0.3, 0.4) is 0 Å². The first kappa shape index (κ1) is 15.3. The summed E-state index contributed by atoms with van der Waals surface area (Å²) in [7, 11) is 0. The number of nitrogens with one attached hydrogen (secondary N) is 2. The summed E-state index contributed by atoms with van der Waals surface area (Å²) >= 11 is 6.16. The summed E-state index contributed by atoms with van der Waals surface area (Å²) in [5.41, 5.74) is 1.84. The van der Waals surface area contributed by atoms with Crippen molar-refractivity contribution in [3.63, 3.8) is 0 Å². The Hall–Kier alpha value is -2.60. The minimum atomic E-state index is 0.458. The van der Waals surface area contributed by atoms with Crippen molar-refractivity contribution in [2.75, 3.05) is 10.6 Å². The number of benzene rings is 1. The van der Waals surface area contributed by atoms with Crippen LogP contribution in [0.5, 0.6) is 0 Å². The molecule has 2 heterocycles. The van der Waals surface area contributed by atoms with Gasteiger partial charge in [-0.05, 0) is 25.5 Å². The Morgan fingerprint density at radius 1 is 1.09 bits per heavy atom. The summed E-state index contributed by atoms with van der Waals surface area (Å²) in [5, 5.41) is 10.9. The molecule has 7 heteroatoms. The van der Waals surface area contributed by atoms with E-state index in [1.807, 2.05) is 44.2 Å². The Labute approximate surface area is 138 Å². The monoisotopic (exact) mass is 329 g/mol. The summed E-state index contributed by atoms with van der Waals surface area (Å²) in [6, 6.07) is 11.3. The maximum atomic E-state index is 6.16. The normalized spacial score (nSPS) is 10.6. The van der Waals surface area contributed by atoms with Gasteiger partial charge in [-0.2, -0.15) is 4.98 Å². The summed E-state index contributed by atoms with van der Waals surface area (Å²) < 4.78 is 5.02. The predicted molar refractivity (Wildman–Crippen MR) is 90.1 cm³/mol. The first-order chi connectivity index (χ1) is 11.1. The van der Waals surface area contributed by atoms with Crippen LogP contribution in [0.2, 0.25) is 5.02 Å². The van der Waals surface area contributed by atoms with Crippen LogP contribution in [0.4, 0.5) is 17.6 Å². The van der Waals surface area contributed by atoms with Crippen LogP contribution < -0.4 is 10.6 Å². The fraction of sp³-hybridized carbons (Fsp3) is 0.188. The quantitative estimate of drug-likeness (QED) is 0.734. The maximum absolute atomic E-state index is 6.16. The minimum Gasteiger partial charge on any atom is -0.366 e. The second-order valence-corrected chi connectivity index (χ2v) is 5.52. The maximum Gasteiger partial charge on any atom is 0.230 e. The van der Waals surface area contributed by atoms with E-state index in [-0.39, 0.29) is 0 Å². The van der Waals surface area contributed by atoms with Gasteiger partial charge in [-0.3, -0.25) is 0 Å². The minimum absolute atomic E-state index is 0.458. The molecule has 3 aromatic rings. The van der Waals surface area contributed by atoms with E-state index in [0.29, 0.717) is 24.1 Å². The highest BCUT2D eigenvalue weighted by Crippen LogP contribution is 2.18. The molecule has 0 spiro atoms. The van der Waals surface area contributed by atoms with E-state index in [4.69, 9.17) is 16.1 Å². The Morgan fingerprint density at radius 2 is 1.91 bits per heavy atom. The highest BCUT2D eigenvalue weighted by atomic mass is 35.5. The molecule has 0 aliphatic rings. The van der Waals surface area contributed by atoms with Crippen LogP contribution in [0, 0.1) is 13.8 Å². The smallest absolute Gasteiger partial charge is 0.230 e. The molecule has 0 aliphatic heterocycles. The largest absolute Gasteiger partial charge is 0.366 e. The molecule has 0 fully saturated rings. The van der Waals surface area contributed by atoms with Crippen LogP contribution in [0.1, 0.15) is 17.0 Å². The van der Waals surface area contributed by atoms with E-state index in [0.717, 1.165) is 22.0 Å². The van der Waals surface area contributed by atoms with Gasteiger partial charge in [0.1, 0.15) is 11.6 Å². The summed E-state index contributed by atoms with van der Waals surface area (Å²) in [5.74, 6) is 2.46. The van der Waals surface area contributed by atoms with Crippen molar-refractivity contribution < 1.29 is 4.52 Å². The highest BCUT2D eigenvalue weighted by Gasteiger charge is 2.06. The van der Waals surface area contributed by atoms with Crippen molar-refractivity contribution in [1.29, 1.82) is 0 Å². The summed E-state index contributed by atoms with van der Waals surface area (Å²) in [6.07, 6.45) is 0. The number of halogens is 1. The lowest BCUT2D eigenvalue weighted by Gasteiger charge is -2.09. The van der Waals surface area contributed by atoms with Crippen LogP contribution in [-0.4, -0.2) is 15.1 Å². The number of hydrogen-bond acceptors (Lipinski definition) is 6. The van der Waals surface area contributed by atoms with Gasteiger partial charge in [0.05, 0.1) is 0 Å². The molecule has 0 bridgehead atoms. The van der Waals surface area contributed by atoms with E-state index in [9.17, 15) is 0 Å². The van der Waals surface area contributed by atoms with Crippen molar-refractivity contribution >= 4 is 29.2 Å². The van der Waals surface area contributed by atoms with Crippen LogP contribution in [0.25, 0.3) is 0 Å². The zero-order valence-electron chi connectivity index (χ0n) is 12.8. The predicted octanol–water partition coefficient (Wildman–Crippen LogP) is 4.09. The average molecular weight is 330 g/mol. The Balaban J connectivity index is 1.74. The molecule has 23 heavy (non-hydrogen) atoms. The zero-order chi connectivity index (χ0) is 16.2. The molecule has 0 saturated heterocycles. The first-order valence-electron chi connectivity index (χ1n) is 7.13. The first-order valence-corrected chi connectivity index (χ1v) is 7.51. The van der Waals surface area contributed by atoms with Crippen LogP contribution in [0.15, 0.2) is 40.9 Å². The van der Waals surface area contributed by atoms with E-state index in [1.165, 1.54) is 0 Å². The molecular weight excluding hydrogens is 314 g/mol. The summed E-state index contributed by atoms with van der Waals surface area (Å²) in [4.78, 5) is 8.77. The van der Waals surface area contributed by atoms with Gasteiger partial charge in [-0.1, -0.05) is 35.0 Å². The van der Waals surface area contributed by atoms with Gasteiger partial charge in [0, 0.05) is 29.4 Å². The second-order valence-electron chi connectivity index (χ2n) is 5.11. The Morgan fingerprint density at radius 3 is 2.65 bits per heavy atom. The number of rotatable bonds is 5. The molecule has 0 radical (unpaired) electrons. The van der Waals surface area contributed by atoms with E-state index >= 15 is 0 Å². The van der Waals surface area contributed by atoms with E-state index in [1.54, 1.807) is 6.07 Å². The van der Waals surface area contributed by atoms with Crippen molar-refractivity contribution in [3.05, 3.63) is 58.4 Å². The molecule has 0 aliphatic carbocycles. The van der Waals surface area contributed by atoms with Crippen LogP contribution >= 0.6 is 11.6 Å². The number of nitrogens with zero attached hydrogens (tertiary/aromatic N) is 3. The van der Waals surface area contributed by atoms with Gasteiger partial charge in [0.2, 0.25) is 5.95 Å². The third-order valence-corrected chi connectivity index (χ3v) is 3.51. The lowest BCUT2D eigenvalue weighted by Crippen LogP contribution is -2.06. The van der Waals surface area contributed by atoms with Gasteiger partial charge < -0.3 is 15.2 Å². The van der Waals surface area contributed by atoms with E-state index < -0.39 is 0 Å². The molecule has 3 rings (SSSR count). The van der Waals surface area contributed by atoms with Crippen molar-refractivity contribution in [2.24, 2.45) is 0 Å². The van der Waals surface area contributed by atoms with Gasteiger partial charge in [0.25, 0.3) is 0 Å². The number of hydrogen-bond donors (Lipinski definition) is 2. The number of aromatic nitrogens is 3. The van der Waals surface area contributed by atoms with Crippen molar-refractivity contribution in [2.45, 2.75) is 20.4 Å². The average Bonchev–Trinajstić information content (AvgIpc) is 2.91. The molecular formula is C16H16ClN5O. The zero-order valence-corrected chi connectivity index (χ0v) is 13.6. The molecule has 1 aromatic carbocycles. The van der Waals surface area contributed by atoms with Crippen LogP contribution in [-0.2, 0) is 6.54 Å². The lowest BCUT2D eigenvalue weighted by molar-refractivity contribution is 0.400. The molecule has 2 N–H and O–H groups in total. The van der Waals surface area contributed by atoms with Gasteiger partial charge >= 0.3 is 0 Å². The van der Waals surface area contributed by atoms with Crippen molar-refractivity contribution in [1.82, 2.24) is 15.1 Å². The molecule has 0 atom stereocenters. The lowest BCUT2D eigenvalue weighted by atomic mass is 10.2. The standard InChI is InChI=1S/C16H16ClN5O/c1-10-7-14(18-9-12-5-3-4-6-13(12)17)20-16(19-10)21-15-8-11(2)23-22-15/h3-8H,9H2,1-2H3,(H2,18,19,20,21,22). The third kappa shape index (κ3) is 3.98. The Bertz CT molecular complexity index is 818. The second kappa shape index (κ2) is 6.66.